The average molecular weight is 310 g/mol. The lowest BCUT2D eigenvalue weighted by molar-refractivity contribution is -0.138. The summed E-state index contributed by atoms with van der Waals surface area (Å²) in [6.45, 7) is 3.08. The fourth-order valence-electron chi connectivity index (χ4n) is 1.57. The van der Waals surface area contributed by atoms with Gasteiger partial charge in [-0.05, 0) is 25.3 Å². The smallest absolute Gasteiger partial charge is 0.322 e. The molecule has 2 aromatic heterocycles. The number of thiazole rings is 1. The Morgan fingerprint density at radius 3 is 2.75 bits per heavy atom. The first-order chi connectivity index (χ1) is 9.41. The molecule has 0 unspecified atom stereocenters. The monoisotopic (exact) mass is 310 g/mol. The maximum atomic E-state index is 12.1. The molecule has 2 rings (SSSR count). The predicted molar refractivity (Wildman–Crippen MR) is 79.1 cm³/mol. The molecule has 0 fully saturated rings. The third-order valence-electron chi connectivity index (χ3n) is 2.84. The van der Waals surface area contributed by atoms with Crippen molar-refractivity contribution in [3.63, 3.8) is 0 Å². The van der Waals surface area contributed by atoms with Crippen molar-refractivity contribution in [2.75, 3.05) is 6.54 Å². The van der Waals surface area contributed by atoms with E-state index in [4.69, 9.17) is 5.11 Å². The van der Waals surface area contributed by atoms with Gasteiger partial charge in [0, 0.05) is 5.38 Å². The topological polar surface area (TPSA) is 79.3 Å². The lowest BCUT2D eigenvalue weighted by atomic mass is 9.89. The second-order valence-electron chi connectivity index (χ2n) is 4.72. The molecule has 5 nitrogen and oxygen atoms in total. The highest BCUT2D eigenvalue weighted by molar-refractivity contribution is 7.20. The van der Waals surface area contributed by atoms with E-state index < -0.39 is 11.4 Å². The molecule has 0 aromatic carbocycles. The molecule has 0 saturated heterocycles. The summed E-state index contributed by atoms with van der Waals surface area (Å²) in [5.74, 6) is -1.41. The van der Waals surface area contributed by atoms with Crippen molar-refractivity contribution >= 4 is 34.6 Å². The van der Waals surface area contributed by atoms with Gasteiger partial charge in [-0.25, -0.2) is 4.98 Å². The predicted octanol–water partition coefficient (Wildman–Crippen LogP) is 2.35. The van der Waals surface area contributed by atoms with Gasteiger partial charge in [0.1, 0.15) is 11.6 Å². The number of carbonyl (C=O) groups is 2. The average Bonchev–Trinajstić information content (AvgIpc) is 3.05. The number of aliphatic carboxylic acids is 1. The fraction of sp³-hybridized carbons (Fsp3) is 0.308. The van der Waals surface area contributed by atoms with E-state index in [2.05, 4.69) is 10.3 Å². The van der Waals surface area contributed by atoms with E-state index >= 15 is 0 Å². The molecule has 0 bridgehead atoms. The van der Waals surface area contributed by atoms with E-state index in [1.54, 1.807) is 25.2 Å². The standard InChI is InChI=1S/C13H14N2O3S2/c1-13(2,12(18)14-6-10(16)17)9-7-20-11(15-9)8-4-3-5-19-8/h3-5,7H,6H2,1-2H3,(H,14,18)(H,16,17). The highest BCUT2D eigenvalue weighted by Gasteiger charge is 2.32. The first-order valence-corrected chi connectivity index (χ1v) is 7.67. The van der Waals surface area contributed by atoms with Crippen molar-refractivity contribution in [2.45, 2.75) is 19.3 Å². The zero-order chi connectivity index (χ0) is 14.8. The molecule has 1 amide bonds. The molecular formula is C13H14N2O3S2. The van der Waals surface area contributed by atoms with Crippen molar-refractivity contribution < 1.29 is 14.7 Å². The van der Waals surface area contributed by atoms with Crippen LogP contribution in [0.25, 0.3) is 9.88 Å². The van der Waals surface area contributed by atoms with E-state index in [1.165, 1.54) is 11.3 Å². The third kappa shape index (κ3) is 3.05. The van der Waals surface area contributed by atoms with Crippen LogP contribution in [-0.4, -0.2) is 28.5 Å². The number of hydrogen-bond donors (Lipinski definition) is 2. The van der Waals surface area contributed by atoms with Crippen LogP contribution in [0.1, 0.15) is 19.5 Å². The van der Waals surface area contributed by atoms with Crippen molar-refractivity contribution in [2.24, 2.45) is 0 Å². The largest absolute Gasteiger partial charge is 0.480 e. The molecule has 2 heterocycles. The van der Waals surface area contributed by atoms with Crippen LogP contribution in [0.15, 0.2) is 22.9 Å². The van der Waals surface area contributed by atoms with Gasteiger partial charge in [0.05, 0.1) is 16.0 Å². The first kappa shape index (κ1) is 14.7. The molecule has 0 radical (unpaired) electrons. The molecule has 0 atom stereocenters. The van der Waals surface area contributed by atoms with Gasteiger partial charge in [-0.3, -0.25) is 9.59 Å². The molecule has 2 N–H and O–H groups in total. The molecule has 106 valence electrons. The van der Waals surface area contributed by atoms with Gasteiger partial charge in [-0.15, -0.1) is 22.7 Å². The molecule has 0 aliphatic carbocycles. The van der Waals surface area contributed by atoms with Crippen molar-refractivity contribution in [3.05, 3.63) is 28.6 Å². The Hall–Kier alpha value is -1.73. The van der Waals surface area contributed by atoms with Crippen LogP contribution in [0.3, 0.4) is 0 Å². The van der Waals surface area contributed by atoms with Gasteiger partial charge in [-0.1, -0.05) is 6.07 Å². The number of carboxylic acids is 1. The SMILES string of the molecule is CC(C)(C(=O)NCC(=O)O)c1csc(-c2cccs2)n1. The molecule has 0 aliphatic rings. The molecule has 7 heteroatoms. The van der Waals surface area contributed by atoms with Crippen LogP contribution < -0.4 is 5.32 Å². The Bertz CT molecular complexity index is 617. The zero-order valence-electron chi connectivity index (χ0n) is 11.0. The second-order valence-corrected chi connectivity index (χ2v) is 6.52. The summed E-state index contributed by atoms with van der Waals surface area (Å²) in [5.41, 5.74) is -0.213. The van der Waals surface area contributed by atoms with E-state index in [0.717, 1.165) is 9.88 Å². The number of nitrogens with one attached hydrogen (secondary N) is 1. The summed E-state index contributed by atoms with van der Waals surface area (Å²) in [4.78, 5) is 28.1. The molecule has 0 saturated carbocycles. The third-order valence-corrected chi connectivity index (χ3v) is 4.73. The summed E-state index contributed by atoms with van der Waals surface area (Å²) in [6, 6.07) is 3.93. The van der Waals surface area contributed by atoms with Crippen LogP contribution in [0.5, 0.6) is 0 Å². The summed E-state index contributed by atoms with van der Waals surface area (Å²) < 4.78 is 0. The number of carbonyl (C=O) groups excluding carboxylic acids is 1. The highest BCUT2D eigenvalue weighted by Crippen LogP contribution is 2.32. The van der Waals surface area contributed by atoms with Gasteiger partial charge in [0.25, 0.3) is 0 Å². The van der Waals surface area contributed by atoms with Crippen LogP contribution >= 0.6 is 22.7 Å². The van der Waals surface area contributed by atoms with E-state index in [-0.39, 0.29) is 12.5 Å². The van der Waals surface area contributed by atoms with Gasteiger partial charge >= 0.3 is 5.97 Å². The number of thiophene rings is 1. The number of nitrogens with zero attached hydrogens (tertiary/aromatic N) is 1. The summed E-state index contributed by atoms with van der Waals surface area (Å²) in [6.07, 6.45) is 0. The second kappa shape index (κ2) is 5.72. The Labute approximate surface area is 124 Å². The van der Waals surface area contributed by atoms with Crippen LogP contribution in [0, 0.1) is 0 Å². The van der Waals surface area contributed by atoms with E-state index in [0.29, 0.717) is 5.69 Å². The van der Waals surface area contributed by atoms with Crippen LogP contribution in [-0.2, 0) is 15.0 Å². The van der Waals surface area contributed by atoms with Crippen molar-refractivity contribution in [1.82, 2.24) is 10.3 Å². The number of rotatable bonds is 5. The van der Waals surface area contributed by atoms with Crippen molar-refractivity contribution in [1.29, 1.82) is 0 Å². The Morgan fingerprint density at radius 2 is 2.15 bits per heavy atom. The zero-order valence-corrected chi connectivity index (χ0v) is 12.7. The minimum absolute atomic E-state index is 0.345. The Kier molecular flexibility index (Phi) is 4.20. The summed E-state index contributed by atoms with van der Waals surface area (Å²) >= 11 is 3.07. The van der Waals surface area contributed by atoms with Gasteiger partial charge in [0.15, 0.2) is 0 Å². The Morgan fingerprint density at radius 1 is 1.40 bits per heavy atom. The number of carboxylic acid groups (broad SMARTS) is 1. The van der Waals surface area contributed by atoms with E-state index in [1.807, 2.05) is 22.9 Å². The Balaban J connectivity index is 2.17. The number of aromatic nitrogens is 1. The van der Waals surface area contributed by atoms with E-state index in [9.17, 15) is 9.59 Å². The van der Waals surface area contributed by atoms with Gasteiger partial charge < -0.3 is 10.4 Å². The normalized spacial score (nSPS) is 11.3. The molecule has 2 aromatic rings. The van der Waals surface area contributed by atoms with Gasteiger partial charge in [-0.2, -0.15) is 0 Å². The number of amides is 1. The van der Waals surface area contributed by atoms with Crippen LogP contribution in [0.4, 0.5) is 0 Å². The summed E-state index contributed by atoms with van der Waals surface area (Å²) in [7, 11) is 0. The lowest BCUT2D eigenvalue weighted by Gasteiger charge is -2.20. The first-order valence-electron chi connectivity index (χ1n) is 5.91. The highest BCUT2D eigenvalue weighted by atomic mass is 32.1. The van der Waals surface area contributed by atoms with Gasteiger partial charge in [0.2, 0.25) is 5.91 Å². The number of hydrogen-bond acceptors (Lipinski definition) is 5. The maximum Gasteiger partial charge on any atom is 0.322 e. The molecule has 0 aliphatic heterocycles. The minimum atomic E-state index is -1.06. The molecule has 20 heavy (non-hydrogen) atoms. The minimum Gasteiger partial charge on any atom is -0.480 e. The fourth-order valence-corrected chi connectivity index (χ4v) is 3.37. The van der Waals surface area contributed by atoms with Crippen LogP contribution in [0.2, 0.25) is 0 Å². The summed E-state index contributed by atoms with van der Waals surface area (Å²) in [5, 5.41) is 15.7. The molecular weight excluding hydrogens is 296 g/mol. The quantitative estimate of drug-likeness (QED) is 0.888. The van der Waals surface area contributed by atoms with Crippen molar-refractivity contribution in [3.8, 4) is 9.88 Å². The maximum absolute atomic E-state index is 12.1. The molecule has 0 spiro atoms. The lowest BCUT2D eigenvalue weighted by Crippen LogP contribution is -2.42.